The van der Waals surface area contributed by atoms with Gasteiger partial charge in [-0.2, -0.15) is 4.73 Å². The lowest BCUT2D eigenvalue weighted by molar-refractivity contribution is -0.617. The van der Waals surface area contributed by atoms with Crippen LogP contribution in [0.15, 0.2) is 30.7 Å². The van der Waals surface area contributed by atoms with E-state index in [2.05, 4.69) is 20.6 Å². The van der Waals surface area contributed by atoms with Crippen LogP contribution in [0.1, 0.15) is 63.4 Å². The molecule has 2 aromatic rings. The predicted octanol–water partition coefficient (Wildman–Crippen LogP) is 1.82. The zero-order chi connectivity index (χ0) is 30.1. The van der Waals surface area contributed by atoms with Crippen LogP contribution in [0.4, 0.5) is 9.59 Å². The Balaban J connectivity index is 2.21. The number of nitrogens with one attached hydrogen (secondary N) is 3. The van der Waals surface area contributed by atoms with Gasteiger partial charge in [0.25, 0.3) is 5.69 Å². The van der Waals surface area contributed by atoms with Crippen LogP contribution in [-0.2, 0) is 32.0 Å². The van der Waals surface area contributed by atoms with Crippen molar-refractivity contribution in [2.24, 2.45) is 0 Å². The standard InChI is InChI=1S/C26H38N6O8/c1-25(2,3)39-23(35)28-11-12-31(24(36)40-26(4,5)6)15-18-9-8-10-20(32(18)37)21(33)30-19(22(34)38-7)13-17-14-27-16-29-17/h8-10,14,16,19H,11-13,15H2,1-7H3,(H,27,29)(H,28,35)(H,30,33)/t19-/m0/s1. The fourth-order valence-corrected chi connectivity index (χ4v) is 3.37. The number of esters is 1. The number of carbonyl (C=O) groups is 4. The van der Waals surface area contributed by atoms with Crippen molar-refractivity contribution in [3.8, 4) is 0 Å². The first-order chi connectivity index (χ1) is 18.6. The lowest BCUT2D eigenvalue weighted by atomic mass is 10.1. The van der Waals surface area contributed by atoms with E-state index in [-0.39, 0.29) is 37.4 Å². The first-order valence-electron chi connectivity index (χ1n) is 12.6. The molecule has 0 bridgehead atoms. The van der Waals surface area contributed by atoms with Gasteiger partial charge in [-0.1, -0.05) is 0 Å². The Hall–Kier alpha value is -4.36. The first-order valence-corrected chi connectivity index (χ1v) is 12.6. The third kappa shape index (κ3) is 10.4. The summed E-state index contributed by atoms with van der Waals surface area (Å²) >= 11 is 0. The van der Waals surface area contributed by atoms with Gasteiger partial charge in [-0.15, -0.1) is 0 Å². The molecule has 220 valence electrons. The number of pyridine rings is 1. The normalized spacial score (nSPS) is 12.2. The Bertz CT molecular complexity index is 1170. The number of nitrogens with zero attached hydrogens (tertiary/aromatic N) is 3. The summed E-state index contributed by atoms with van der Waals surface area (Å²) in [6.07, 6.45) is 1.61. The molecule has 0 aromatic carbocycles. The number of ether oxygens (including phenoxy) is 3. The Labute approximate surface area is 233 Å². The Morgan fingerprint density at radius 2 is 1.77 bits per heavy atom. The molecular formula is C26H38N6O8. The number of carbonyl (C=O) groups excluding carboxylic acids is 4. The molecule has 0 saturated carbocycles. The second-order valence-electron chi connectivity index (χ2n) is 10.9. The van der Waals surface area contributed by atoms with Crippen LogP contribution in [0, 0.1) is 5.21 Å². The van der Waals surface area contributed by atoms with Crippen LogP contribution in [-0.4, -0.2) is 76.4 Å². The molecule has 3 N–H and O–H groups in total. The number of alkyl carbamates (subject to hydrolysis) is 1. The number of H-pyrrole nitrogens is 1. The molecule has 0 aliphatic rings. The van der Waals surface area contributed by atoms with Gasteiger partial charge in [0.1, 0.15) is 23.8 Å². The zero-order valence-electron chi connectivity index (χ0n) is 23.9. The minimum atomic E-state index is -1.08. The third-order valence-electron chi connectivity index (χ3n) is 5.08. The van der Waals surface area contributed by atoms with Crippen LogP contribution >= 0.6 is 0 Å². The number of aromatic nitrogens is 3. The molecule has 0 saturated heterocycles. The van der Waals surface area contributed by atoms with Gasteiger partial charge in [0.2, 0.25) is 5.69 Å². The van der Waals surface area contributed by atoms with Gasteiger partial charge in [-0.05, 0) is 47.6 Å². The number of aromatic amines is 1. The second kappa shape index (κ2) is 13.6. The molecule has 0 aliphatic heterocycles. The van der Waals surface area contributed by atoms with Gasteiger partial charge in [0, 0.05) is 43.5 Å². The fraction of sp³-hybridized carbons (Fsp3) is 0.538. The molecule has 14 nitrogen and oxygen atoms in total. The van der Waals surface area contributed by atoms with Crippen molar-refractivity contribution in [2.45, 2.75) is 71.8 Å². The highest BCUT2D eigenvalue weighted by Crippen LogP contribution is 2.12. The van der Waals surface area contributed by atoms with E-state index in [4.69, 9.17) is 14.2 Å². The maximum Gasteiger partial charge on any atom is 0.410 e. The summed E-state index contributed by atoms with van der Waals surface area (Å²) in [6, 6.07) is 3.13. The average Bonchev–Trinajstić information content (AvgIpc) is 3.34. The molecule has 1 atom stereocenters. The van der Waals surface area contributed by atoms with Crippen molar-refractivity contribution >= 4 is 24.1 Å². The number of methoxy groups -OCH3 is 1. The van der Waals surface area contributed by atoms with Crippen molar-refractivity contribution < 1.29 is 38.1 Å². The number of rotatable bonds is 10. The SMILES string of the molecule is COC(=O)[C@H](Cc1cnc[nH]1)NC(=O)c1cccc(CN(CCNC(=O)OC(C)(C)C)C(=O)OC(C)(C)C)[n+]1[O-]. The molecule has 0 fully saturated rings. The van der Waals surface area contributed by atoms with E-state index in [0.717, 1.165) is 0 Å². The molecule has 0 unspecified atom stereocenters. The third-order valence-corrected chi connectivity index (χ3v) is 5.08. The number of hydrogen-bond donors (Lipinski definition) is 3. The van der Waals surface area contributed by atoms with Crippen LogP contribution in [0.5, 0.6) is 0 Å². The van der Waals surface area contributed by atoms with Crippen molar-refractivity contribution in [2.75, 3.05) is 20.2 Å². The highest BCUT2D eigenvalue weighted by Gasteiger charge is 2.29. The summed E-state index contributed by atoms with van der Waals surface area (Å²) in [5, 5.41) is 18.3. The first kappa shape index (κ1) is 31.9. The molecule has 40 heavy (non-hydrogen) atoms. The van der Waals surface area contributed by atoms with E-state index in [1.807, 2.05) is 0 Å². The summed E-state index contributed by atoms with van der Waals surface area (Å²) in [5.41, 5.74) is -1.19. The van der Waals surface area contributed by atoms with Crippen molar-refractivity contribution in [1.82, 2.24) is 25.5 Å². The highest BCUT2D eigenvalue weighted by molar-refractivity contribution is 5.94. The van der Waals surface area contributed by atoms with E-state index in [9.17, 15) is 24.4 Å². The van der Waals surface area contributed by atoms with E-state index in [1.54, 1.807) is 41.5 Å². The van der Waals surface area contributed by atoms with Crippen LogP contribution in [0.2, 0.25) is 0 Å². The Morgan fingerprint density at radius 3 is 2.35 bits per heavy atom. The number of imidazole rings is 1. The molecule has 3 amide bonds. The van der Waals surface area contributed by atoms with E-state index in [0.29, 0.717) is 10.4 Å². The summed E-state index contributed by atoms with van der Waals surface area (Å²) in [7, 11) is 1.19. The maximum absolute atomic E-state index is 13.2. The molecule has 0 spiro atoms. The molecule has 2 aromatic heterocycles. The molecule has 2 heterocycles. The maximum atomic E-state index is 13.2. The predicted molar refractivity (Wildman–Crippen MR) is 142 cm³/mol. The van der Waals surface area contributed by atoms with Gasteiger partial charge < -0.3 is 35.0 Å². The minimum Gasteiger partial charge on any atom is -0.618 e. The lowest BCUT2D eigenvalue weighted by Crippen LogP contribution is -2.50. The van der Waals surface area contributed by atoms with E-state index >= 15 is 0 Å². The van der Waals surface area contributed by atoms with Gasteiger partial charge in [-0.25, -0.2) is 19.4 Å². The van der Waals surface area contributed by atoms with Crippen LogP contribution < -0.4 is 15.4 Å². The molecule has 14 heteroatoms. The summed E-state index contributed by atoms with van der Waals surface area (Å²) in [6.45, 7) is 10.0. The molecule has 0 radical (unpaired) electrons. The van der Waals surface area contributed by atoms with Gasteiger partial charge in [0.15, 0.2) is 0 Å². The van der Waals surface area contributed by atoms with Crippen LogP contribution in [0.3, 0.4) is 0 Å². The smallest absolute Gasteiger partial charge is 0.410 e. The van der Waals surface area contributed by atoms with E-state index in [1.165, 1.54) is 42.7 Å². The average molecular weight is 563 g/mol. The van der Waals surface area contributed by atoms with E-state index < -0.39 is 41.3 Å². The highest BCUT2D eigenvalue weighted by atomic mass is 16.6. The minimum absolute atomic E-state index is 0.0147. The van der Waals surface area contributed by atoms with Crippen molar-refractivity contribution in [3.63, 3.8) is 0 Å². The number of amides is 3. The van der Waals surface area contributed by atoms with Gasteiger partial charge in [0.05, 0.1) is 13.4 Å². The summed E-state index contributed by atoms with van der Waals surface area (Å²) in [5.74, 6) is -1.52. The lowest BCUT2D eigenvalue weighted by Gasteiger charge is -2.27. The molecule has 2 rings (SSSR count). The Kier molecular flexibility index (Phi) is 10.9. The monoisotopic (exact) mass is 562 g/mol. The van der Waals surface area contributed by atoms with Crippen molar-refractivity contribution in [3.05, 3.63) is 53.0 Å². The second-order valence-corrected chi connectivity index (χ2v) is 10.9. The summed E-state index contributed by atoms with van der Waals surface area (Å²) < 4.78 is 15.8. The largest absolute Gasteiger partial charge is 0.618 e. The van der Waals surface area contributed by atoms with Gasteiger partial charge >= 0.3 is 24.1 Å². The molecule has 0 aliphatic carbocycles. The van der Waals surface area contributed by atoms with Crippen molar-refractivity contribution in [1.29, 1.82) is 0 Å². The quantitative estimate of drug-likeness (QED) is 0.168. The zero-order valence-corrected chi connectivity index (χ0v) is 23.9. The number of hydrogen-bond acceptors (Lipinski definition) is 9. The molecular weight excluding hydrogens is 524 g/mol. The Morgan fingerprint density at radius 1 is 1.10 bits per heavy atom. The van der Waals surface area contributed by atoms with Crippen LogP contribution in [0.25, 0.3) is 0 Å². The van der Waals surface area contributed by atoms with Gasteiger partial charge in [-0.3, -0.25) is 9.69 Å². The fourth-order valence-electron chi connectivity index (χ4n) is 3.37. The summed E-state index contributed by atoms with van der Waals surface area (Å²) in [4.78, 5) is 58.2. The topological polar surface area (TPSA) is 179 Å².